The number of amides is 1. The molecule has 2 heterocycles. The number of hydrogen-bond donors (Lipinski definition) is 3. The molecular formula is C35H32N6O. The average Bonchev–Trinajstić information content (AvgIpc) is 3.69. The highest BCUT2D eigenvalue weighted by Crippen LogP contribution is 2.40. The van der Waals surface area contributed by atoms with Gasteiger partial charge < -0.3 is 15.3 Å². The van der Waals surface area contributed by atoms with E-state index in [4.69, 9.17) is 10.7 Å². The largest absolute Gasteiger partial charge is 0.370 e. The van der Waals surface area contributed by atoms with Gasteiger partial charge in [-0.25, -0.2) is 4.98 Å². The molecular weight excluding hydrogens is 520 g/mol. The smallest absolute Gasteiger partial charge is 0.274 e. The quantitative estimate of drug-likeness (QED) is 0.0903. The monoisotopic (exact) mass is 552 g/mol. The Bertz CT molecular complexity index is 1680. The first-order valence-electron chi connectivity index (χ1n) is 14.0. The van der Waals surface area contributed by atoms with E-state index in [1.165, 1.54) is 0 Å². The summed E-state index contributed by atoms with van der Waals surface area (Å²) < 4.78 is 2.21. The number of guanidine groups is 1. The molecule has 0 aliphatic carbocycles. The van der Waals surface area contributed by atoms with Crippen LogP contribution in [0.1, 0.15) is 39.3 Å². The Labute approximate surface area is 244 Å². The van der Waals surface area contributed by atoms with Gasteiger partial charge >= 0.3 is 0 Å². The summed E-state index contributed by atoms with van der Waals surface area (Å²) in [5.74, 6) is -0.217. The number of aliphatic imine (C=N–C) groups is 1. The molecule has 0 saturated heterocycles. The number of benzene rings is 4. The topological polar surface area (TPSA) is 101 Å². The maximum atomic E-state index is 12.6. The van der Waals surface area contributed by atoms with Crippen molar-refractivity contribution in [1.29, 1.82) is 0 Å². The fourth-order valence-electron chi connectivity index (χ4n) is 5.54. The Kier molecular flexibility index (Phi) is 7.64. The molecule has 208 valence electrons. The summed E-state index contributed by atoms with van der Waals surface area (Å²) in [6, 6.07) is 41.1. The van der Waals surface area contributed by atoms with Gasteiger partial charge in [-0.3, -0.25) is 15.1 Å². The third-order valence-corrected chi connectivity index (χ3v) is 7.49. The molecule has 0 spiro atoms. The zero-order valence-corrected chi connectivity index (χ0v) is 23.2. The van der Waals surface area contributed by atoms with Crippen LogP contribution < -0.4 is 11.1 Å². The highest BCUT2D eigenvalue weighted by molar-refractivity contribution is 6.06. The molecule has 4 N–H and O–H groups in total. The Balaban J connectivity index is 1.19. The number of aromatic nitrogens is 3. The molecule has 0 bridgehead atoms. The highest BCUT2D eigenvalue weighted by Gasteiger charge is 2.38. The van der Waals surface area contributed by atoms with Crippen LogP contribution in [0.3, 0.4) is 0 Å². The summed E-state index contributed by atoms with van der Waals surface area (Å²) in [7, 11) is 0. The minimum absolute atomic E-state index is 0.0976. The van der Waals surface area contributed by atoms with Crippen LogP contribution in [0.4, 0.5) is 0 Å². The van der Waals surface area contributed by atoms with Gasteiger partial charge in [-0.15, -0.1) is 0 Å². The lowest BCUT2D eigenvalue weighted by Gasteiger charge is -2.37. The van der Waals surface area contributed by atoms with Gasteiger partial charge in [0.05, 0.1) is 12.0 Å². The molecule has 0 fully saturated rings. The van der Waals surface area contributed by atoms with E-state index in [2.05, 4.69) is 98.9 Å². The van der Waals surface area contributed by atoms with Crippen molar-refractivity contribution in [3.63, 3.8) is 0 Å². The molecule has 0 aliphatic rings. The zero-order valence-electron chi connectivity index (χ0n) is 23.2. The first-order chi connectivity index (χ1) is 20.6. The van der Waals surface area contributed by atoms with E-state index in [1.54, 1.807) is 6.07 Å². The summed E-state index contributed by atoms with van der Waals surface area (Å²) in [6.45, 7) is 0.465. The number of nitrogens with one attached hydrogen (secondary N) is 2. The number of nitrogens with zero attached hydrogens (tertiary/aromatic N) is 3. The summed E-state index contributed by atoms with van der Waals surface area (Å²) in [5, 5.41) is 3.64. The minimum atomic E-state index is -0.593. The van der Waals surface area contributed by atoms with Crippen molar-refractivity contribution in [3.8, 4) is 0 Å². The van der Waals surface area contributed by atoms with E-state index in [0.717, 1.165) is 39.7 Å². The number of carbonyl (C=O) groups is 1. The molecule has 7 heteroatoms. The second-order valence-electron chi connectivity index (χ2n) is 10.2. The van der Waals surface area contributed by atoms with Gasteiger partial charge in [0, 0.05) is 23.6 Å². The Morgan fingerprint density at radius 2 is 1.40 bits per heavy atom. The number of H-pyrrole nitrogens is 1. The van der Waals surface area contributed by atoms with Gasteiger partial charge in [0.1, 0.15) is 11.2 Å². The molecule has 6 rings (SSSR count). The van der Waals surface area contributed by atoms with Crippen molar-refractivity contribution in [2.75, 3.05) is 6.54 Å². The first kappa shape index (κ1) is 26.8. The van der Waals surface area contributed by atoms with Gasteiger partial charge in [0.2, 0.25) is 0 Å². The number of fused-ring (bicyclic) bond motifs is 1. The summed E-state index contributed by atoms with van der Waals surface area (Å²) >= 11 is 0. The molecule has 0 saturated carbocycles. The Morgan fingerprint density at radius 3 is 2.00 bits per heavy atom. The van der Waals surface area contributed by atoms with Crippen molar-refractivity contribution in [3.05, 3.63) is 162 Å². The van der Waals surface area contributed by atoms with Crippen LogP contribution in [0.25, 0.3) is 10.9 Å². The number of imidazole rings is 1. The number of nitrogens with two attached hydrogens (primary N) is 1. The third kappa shape index (κ3) is 5.32. The summed E-state index contributed by atoms with van der Waals surface area (Å²) in [6.07, 6.45) is 5.49. The SMILES string of the molecule is NC(=NCCCc1cn(C(c2ccccc2)(c2ccccc2)c2ccccc2)cn1)NC(=O)c1cc2ccccc2[nH]1. The second kappa shape index (κ2) is 12.0. The van der Waals surface area contributed by atoms with Crippen molar-refractivity contribution in [1.82, 2.24) is 19.9 Å². The maximum Gasteiger partial charge on any atom is 0.274 e. The van der Waals surface area contributed by atoms with Crippen LogP contribution in [-0.2, 0) is 12.0 Å². The van der Waals surface area contributed by atoms with Crippen LogP contribution in [0.2, 0.25) is 0 Å². The molecule has 42 heavy (non-hydrogen) atoms. The summed E-state index contributed by atoms with van der Waals surface area (Å²) in [5.41, 5.74) is 11.2. The Morgan fingerprint density at radius 1 is 0.833 bits per heavy atom. The molecule has 2 aromatic heterocycles. The van der Waals surface area contributed by atoms with Crippen molar-refractivity contribution < 1.29 is 4.79 Å². The van der Waals surface area contributed by atoms with Crippen molar-refractivity contribution in [2.24, 2.45) is 10.7 Å². The number of para-hydroxylation sites is 1. The standard InChI is InChI=1S/C35H32N6O/c36-34(40-33(42)32-23-26-13-10-11-21-31(26)39-32)37-22-12-20-30-24-41(25-38-30)35(27-14-4-1-5-15-27,28-16-6-2-7-17-28)29-18-8-3-9-19-29/h1-11,13-19,21,23-25,39H,12,20,22H2,(H3,36,37,40,42). The molecule has 4 aromatic carbocycles. The third-order valence-electron chi connectivity index (χ3n) is 7.49. The molecule has 1 amide bonds. The lowest BCUT2D eigenvalue weighted by molar-refractivity contribution is 0.0972. The van der Waals surface area contributed by atoms with E-state index >= 15 is 0 Å². The predicted molar refractivity (Wildman–Crippen MR) is 167 cm³/mol. The summed E-state index contributed by atoms with van der Waals surface area (Å²) in [4.78, 5) is 24.9. The molecule has 7 nitrogen and oxygen atoms in total. The van der Waals surface area contributed by atoms with E-state index < -0.39 is 5.54 Å². The van der Waals surface area contributed by atoms with Crippen LogP contribution >= 0.6 is 0 Å². The number of aryl methyl sites for hydroxylation is 1. The van der Waals surface area contributed by atoms with Crippen molar-refractivity contribution in [2.45, 2.75) is 18.4 Å². The molecule has 0 unspecified atom stereocenters. The highest BCUT2D eigenvalue weighted by atomic mass is 16.2. The van der Waals surface area contributed by atoms with Crippen LogP contribution in [0.5, 0.6) is 0 Å². The van der Waals surface area contributed by atoms with E-state index in [-0.39, 0.29) is 11.9 Å². The lowest BCUT2D eigenvalue weighted by Crippen LogP contribution is -2.37. The van der Waals surface area contributed by atoms with Gasteiger partial charge in [-0.05, 0) is 41.7 Å². The maximum absolute atomic E-state index is 12.6. The fourth-order valence-corrected chi connectivity index (χ4v) is 5.54. The molecule has 0 atom stereocenters. The lowest BCUT2D eigenvalue weighted by atomic mass is 9.77. The number of rotatable bonds is 9. The van der Waals surface area contributed by atoms with Crippen LogP contribution in [0, 0.1) is 0 Å². The van der Waals surface area contributed by atoms with Gasteiger partial charge in [-0.2, -0.15) is 0 Å². The average molecular weight is 553 g/mol. The predicted octanol–water partition coefficient (Wildman–Crippen LogP) is 5.88. The number of carbonyl (C=O) groups excluding carboxylic acids is 1. The Hall–Kier alpha value is -5.43. The van der Waals surface area contributed by atoms with E-state index in [0.29, 0.717) is 18.7 Å². The van der Waals surface area contributed by atoms with Crippen LogP contribution in [-0.4, -0.2) is 32.9 Å². The minimum Gasteiger partial charge on any atom is -0.370 e. The molecule has 6 aromatic rings. The van der Waals surface area contributed by atoms with E-state index in [9.17, 15) is 4.79 Å². The van der Waals surface area contributed by atoms with Crippen molar-refractivity contribution >= 4 is 22.8 Å². The molecule has 0 aliphatic heterocycles. The zero-order chi connectivity index (χ0) is 28.8. The number of aromatic amines is 1. The normalized spacial score (nSPS) is 12.0. The fraction of sp³-hybridized carbons (Fsp3) is 0.114. The number of hydrogen-bond acceptors (Lipinski definition) is 3. The first-order valence-corrected chi connectivity index (χ1v) is 14.0. The second-order valence-corrected chi connectivity index (χ2v) is 10.2. The van der Waals surface area contributed by atoms with E-state index in [1.807, 2.05) is 48.8 Å². The molecule has 0 radical (unpaired) electrons. The van der Waals surface area contributed by atoms with Gasteiger partial charge in [0.15, 0.2) is 5.96 Å². The van der Waals surface area contributed by atoms with Gasteiger partial charge in [-0.1, -0.05) is 109 Å². The van der Waals surface area contributed by atoms with Gasteiger partial charge in [0.25, 0.3) is 5.91 Å². The van der Waals surface area contributed by atoms with Crippen LogP contribution in [0.15, 0.2) is 139 Å².